The molecule has 0 amide bonds. The van der Waals surface area contributed by atoms with E-state index in [1.54, 1.807) is 4.52 Å². The van der Waals surface area contributed by atoms with Gasteiger partial charge in [0, 0.05) is 31.0 Å². The smallest absolute Gasteiger partial charge is 0.254 e. The minimum absolute atomic E-state index is 0.491. The molecule has 102 valence electrons. The van der Waals surface area contributed by atoms with E-state index in [9.17, 15) is 0 Å². The lowest BCUT2D eigenvalue weighted by Crippen LogP contribution is -2.17. The zero-order chi connectivity index (χ0) is 14.1. The number of rotatable bonds is 3. The summed E-state index contributed by atoms with van der Waals surface area (Å²) < 4.78 is 1.72. The van der Waals surface area contributed by atoms with E-state index in [2.05, 4.69) is 20.0 Å². The zero-order valence-corrected chi connectivity index (χ0v) is 11.5. The SMILES string of the molecule is Cc1cc(N(C)c2ccccc2CN)n2ncnc2n1. The third-order valence-electron chi connectivity index (χ3n) is 3.28. The van der Waals surface area contributed by atoms with Crippen LogP contribution in [0.2, 0.25) is 0 Å². The van der Waals surface area contributed by atoms with Crippen molar-refractivity contribution in [3.8, 4) is 0 Å². The Morgan fingerprint density at radius 1 is 1.30 bits per heavy atom. The maximum Gasteiger partial charge on any atom is 0.254 e. The van der Waals surface area contributed by atoms with Gasteiger partial charge in [0.15, 0.2) is 0 Å². The number of aryl methyl sites for hydroxylation is 1. The van der Waals surface area contributed by atoms with Crippen LogP contribution in [-0.4, -0.2) is 26.6 Å². The predicted octanol–water partition coefficient (Wildman–Crippen LogP) is 1.66. The maximum absolute atomic E-state index is 5.82. The molecule has 0 aliphatic carbocycles. The quantitative estimate of drug-likeness (QED) is 0.782. The molecule has 0 fully saturated rings. The van der Waals surface area contributed by atoms with Crippen molar-refractivity contribution in [3.05, 3.63) is 47.9 Å². The van der Waals surface area contributed by atoms with Crippen molar-refractivity contribution < 1.29 is 0 Å². The number of hydrogen-bond acceptors (Lipinski definition) is 5. The fourth-order valence-electron chi connectivity index (χ4n) is 2.28. The minimum Gasteiger partial charge on any atom is -0.329 e. The van der Waals surface area contributed by atoms with Crippen molar-refractivity contribution in [2.75, 3.05) is 11.9 Å². The number of nitrogens with two attached hydrogens (primary N) is 1. The molecule has 2 N–H and O–H groups in total. The highest BCUT2D eigenvalue weighted by atomic mass is 15.4. The number of anilines is 2. The Kier molecular flexibility index (Phi) is 3.08. The molecule has 2 aromatic heterocycles. The molecule has 0 atom stereocenters. The lowest BCUT2D eigenvalue weighted by atomic mass is 10.1. The lowest BCUT2D eigenvalue weighted by molar-refractivity contribution is 0.898. The van der Waals surface area contributed by atoms with E-state index in [4.69, 9.17) is 5.73 Å². The molecule has 20 heavy (non-hydrogen) atoms. The second kappa shape index (κ2) is 4.90. The van der Waals surface area contributed by atoms with E-state index in [-0.39, 0.29) is 0 Å². The fourth-order valence-corrected chi connectivity index (χ4v) is 2.28. The van der Waals surface area contributed by atoms with Crippen LogP contribution >= 0.6 is 0 Å². The second-order valence-corrected chi connectivity index (χ2v) is 4.62. The summed E-state index contributed by atoms with van der Waals surface area (Å²) in [5.41, 5.74) is 8.85. The van der Waals surface area contributed by atoms with Crippen LogP contribution in [0.3, 0.4) is 0 Å². The maximum atomic E-state index is 5.82. The molecule has 1 aromatic carbocycles. The van der Waals surface area contributed by atoms with Crippen molar-refractivity contribution in [3.63, 3.8) is 0 Å². The van der Waals surface area contributed by atoms with E-state index in [0.29, 0.717) is 12.3 Å². The molecule has 0 unspecified atom stereocenters. The average molecular weight is 268 g/mol. The molecule has 6 nitrogen and oxygen atoms in total. The number of fused-ring (bicyclic) bond motifs is 1. The summed E-state index contributed by atoms with van der Waals surface area (Å²) in [5.74, 6) is 1.50. The van der Waals surface area contributed by atoms with E-state index in [0.717, 1.165) is 22.8 Å². The van der Waals surface area contributed by atoms with Crippen LogP contribution in [0.15, 0.2) is 36.7 Å². The van der Waals surface area contributed by atoms with Gasteiger partial charge in [0.2, 0.25) is 0 Å². The van der Waals surface area contributed by atoms with Gasteiger partial charge in [-0.2, -0.15) is 14.6 Å². The summed E-state index contributed by atoms with van der Waals surface area (Å²) in [6.07, 6.45) is 1.51. The summed E-state index contributed by atoms with van der Waals surface area (Å²) >= 11 is 0. The van der Waals surface area contributed by atoms with Crippen molar-refractivity contribution in [1.29, 1.82) is 0 Å². The van der Waals surface area contributed by atoms with Crippen LogP contribution in [0.5, 0.6) is 0 Å². The normalized spacial score (nSPS) is 10.9. The van der Waals surface area contributed by atoms with Crippen molar-refractivity contribution >= 4 is 17.3 Å². The minimum atomic E-state index is 0.491. The first-order chi connectivity index (χ1) is 9.70. The third-order valence-corrected chi connectivity index (χ3v) is 3.28. The van der Waals surface area contributed by atoms with Crippen molar-refractivity contribution in [1.82, 2.24) is 19.6 Å². The van der Waals surface area contributed by atoms with Crippen molar-refractivity contribution in [2.24, 2.45) is 5.73 Å². The van der Waals surface area contributed by atoms with Crippen LogP contribution in [0, 0.1) is 6.92 Å². The first-order valence-corrected chi connectivity index (χ1v) is 6.40. The molecule has 2 heterocycles. The highest BCUT2D eigenvalue weighted by Gasteiger charge is 2.13. The molecule has 0 radical (unpaired) electrons. The van der Waals surface area contributed by atoms with Gasteiger partial charge in [0.25, 0.3) is 5.78 Å². The molecule has 6 heteroatoms. The van der Waals surface area contributed by atoms with Gasteiger partial charge in [-0.25, -0.2) is 4.98 Å². The summed E-state index contributed by atoms with van der Waals surface area (Å²) in [7, 11) is 1.99. The Bertz CT molecular complexity index is 748. The number of nitrogens with zero attached hydrogens (tertiary/aromatic N) is 5. The topological polar surface area (TPSA) is 72.3 Å². The van der Waals surface area contributed by atoms with Crippen LogP contribution in [0.4, 0.5) is 11.5 Å². The largest absolute Gasteiger partial charge is 0.329 e. The monoisotopic (exact) mass is 268 g/mol. The lowest BCUT2D eigenvalue weighted by Gasteiger charge is -2.22. The number of para-hydroxylation sites is 1. The fraction of sp³-hybridized carbons (Fsp3) is 0.214. The summed E-state index contributed by atoms with van der Waals surface area (Å²) in [5, 5.41) is 4.23. The highest BCUT2D eigenvalue weighted by molar-refractivity contribution is 5.64. The van der Waals surface area contributed by atoms with Gasteiger partial charge < -0.3 is 10.6 Å². The summed E-state index contributed by atoms with van der Waals surface area (Å²) in [6, 6.07) is 10.0. The summed E-state index contributed by atoms with van der Waals surface area (Å²) in [6.45, 7) is 2.44. The Morgan fingerprint density at radius 2 is 2.10 bits per heavy atom. The first kappa shape index (κ1) is 12.6. The van der Waals surface area contributed by atoms with Gasteiger partial charge in [-0.15, -0.1) is 0 Å². The Morgan fingerprint density at radius 3 is 2.90 bits per heavy atom. The Labute approximate surface area is 116 Å². The molecule has 0 aliphatic rings. The van der Waals surface area contributed by atoms with E-state index < -0.39 is 0 Å². The van der Waals surface area contributed by atoms with E-state index >= 15 is 0 Å². The van der Waals surface area contributed by atoms with Crippen LogP contribution in [0.25, 0.3) is 5.78 Å². The molecule has 0 bridgehead atoms. The van der Waals surface area contributed by atoms with Gasteiger partial charge in [0.05, 0.1) is 0 Å². The zero-order valence-electron chi connectivity index (χ0n) is 11.5. The van der Waals surface area contributed by atoms with E-state index in [1.807, 2.05) is 44.3 Å². The van der Waals surface area contributed by atoms with Crippen LogP contribution in [0.1, 0.15) is 11.3 Å². The Balaban J connectivity index is 2.17. The Hall–Kier alpha value is -2.47. The molecule has 0 spiro atoms. The molecule has 0 saturated heterocycles. The molecular weight excluding hydrogens is 252 g/mol. The number of hydrogen-bond donors (Lipinski definition) is 1. The molecule has 3 rings (SSSR count). The average Bonchev–Trinajstić information content (AvgIpc) is 2.93. The predicted molar refractivity (Wildman–Crippen MR) is 77.9 cm³/mol. The molecule has 0 aliphatic heterocycles. The van der Waals surface area contributed by atoms with Crippen LogP contribution < -0.4 is 10.6 Å². The van der Waals surface area contributed by atoms with Gasteiger partial charge in [-0.05, 0) is 18.6 Å². The van der Waals surface area contributed by atoms with E-state index in [1.165, 1.54) is 6.33 Å². The first-order valence-electron chi connectivity index (χ1n) is 6.40. The number of aromatic nitrogens is 4. The highest BCUT2D eigenvalue weighted by Crippen LogP contribution is 2.26. The van der Waals surface area contributed by atoms with Crippen molar-refractivity contribution in [2.45, 2.75) is 13.5 Å². The number of benzene rings is 1. The van der Waals surface area contributed by atoms with Gasteiger partial charge in [-0.1, -0.05) is 18.2 Å². The van der Waals surface area contributed by atoms with Gasteiger partial charge in [-0.3, -0.25) is 0 Å². The van der Waals surface area contributed by atoms with Crippen LogP contribution in [-0.2, 0) is 6.54 Å². The summed E-state index contributed by atoms with van der Waals surface area (Å²) in [4.78, 5) is 10.6. The molecular formula is C14H16N6. The third kappa shape index (κ3) is 2.00. The van der Waals surface area contributed by atoms with Gasteiger partial charge >= 0.3 is 0 Å². The standard InChI is InChI=1S/C14H16N6/c1-10-7-13(20-14(18-10)16-9-17-20)19(2)12-6-4-3-5-11(12)8-15/h3-7,9H,8,15H2,1-2H3. The molecule has 3 aromatic rings. The van der Waals surface area contributed by atoms with Gasteiger partial charge in [0.1, 0.15) is 12.1 Å². The second-order valence-electron chi connectivity index (χ2n) is 4.62. The molecule has 0 saturated carbocycles.